The molecule has 0 unspecified atom stereocenters. The van der Waals surface area contributed by atoms with Crippen LogP contribution in [0.2, 0.25) is 25.1 Å². The Balaban J connectivity index is 0.000000150. The molecular weight excluding hydrogens is 1340 g/mol. The number of hydrogen-bond donors (Lipinski definition) is 6. The second kappa shape index (κ2) is 26.2. The maximum atomic E-state index is 13.3. The van der Waals surface area contributed by atoms with Gasteiger partial charge in [0.15, 0.2) is 5.65 Å². The number of fused-ring (bicyclic) bond motifs is 3. The number of aromatic nitrogens is 13. The minimum absolute atomic E-state index is 0.00453. The highest BCUT2D eigenvalue weighted by atomic mass is 35.5. The third-order valence-electron chi connectivity index (χ3n) is 13.2. The fraction of sp³-hybridized carbons (Fsp3) is 0.0862. The summed E-state index contributed by atoms with van der Waals surface area (Å²) < 4.78 is 84.8. The predicted molar refractivity (Wildman–Crippen MR) is 343 cm³/mol. The van der Waals surface area contributed by atoms with E-state index in [-0.39, 0.29) is 76.0 Å². The summed E-state index contributed by atoms with van der Waals surface area (Å²) in [5, 5.41) is 2.65. The number of anilines is 3. The molecule has 0 fully saturated rings. The first-order valence-corrected chi connectivity index (χ1v) is 32.5. The SMILES string of the molecule is Cc1cc(S(=O)(=O)Nc2cc(Cl)cnc2C(=O)c2ncnc3[nH]ccc23)ccc1Cl.Cc1cc(S(=O)(=O)Nc2cc(Cl)cnc2C(=O)c2ncnc3nc[nH]c23)ccc1Cl.Cc1cnc(C(=O)c2nc(C)nc3[nH]ccc23)c(NS(=O)(=O)c2ccc(Cl)c(C)c2)c1. The number of hydrogen-bond acceptors (Lipinski definition) is 19. The molecule has 3 aromatic carbocycles. The van der Waals surface area contributed by atoms with Crippen LogP contribution in [0.4, 0.5) is 17.1 Å². The molecule has 9 aromatic heterocycles. The molecule has 33 heteroatoms. The van der Waals surface area contributed by atoms with Crippen molar-refractivity contribution in [2.45, 2.75) is 49.3 Å². The monoisotopic (exact) mass is 1380 g/mol. The minimum atomic E-state index is -4.05. The topological polar surface area (TPSA) is 366 Å². The highest BCUT2D eigenvalue weighted by Gasteiger charge is 2.28. The fourth-order valence-electron chi connectivity index (χ4n) is 8.74. The van der Waals surface area contributed by atoms with Crippen LogP contribution in [0.15, 0.2) is 150 Å². The van der Waals surface area contributed by atoms with Gasteiger partial charge in [-0.15, -0.1) is 0 Å². The molecule has 462 valence electrons. The van der Waals surface area contributed by atoms with Crippen LogP contribution in [0.1, 0.15) is 76.6 Å². The summed E-state index contributed by atoms with van der Waals surface area (Å²) in [6.07, 6.45) is 11.1. The lowest BCUT2D eigenvalue weighted by Gasteiger charge is -2.13. The lowest BCUT2D eigenvalue weighted by atomic mass is 10.1. The number of carbonyl (C=O) groups excluding carboxylic acids is 3. The summed E-state index contributed by atoms with van der Waals surface area (Å²) in [5.41, 5.74) is 3.83. The lowest BCUT2D eigenvalue weighted by Crippen LogP contribution is -2.18. The molecule has 25 nitrogen and oxygen atoms in total. The van der Waals surface area contributed by atoms with Gasteiger partial charge < -0.3 is 15.0 Å². The van der Waals surface area contributed by atoms with Crippen molar-refractivity contribution in [3.8, 4) is 0 Å². The predicted octanol–water partition coefficient (Wildman–Crippen LogP) is 11.4. The van der Waals surface area contributed by atoms with E-state index in [2.05, 4.69) is 79.0 Å². The van der Waals surface area contributed by atoms with Crippen molar-refractivity contribution in [1.29, 1.82) is 0 Å². The number of nitrogens with one attached hydrogen (secondary N) is 6. The molecule has 6 N–H and O–H groups in total. The standard InChI is InChI=1S/C21H18ClN5O3S.C19H13Cl2N5O3S.C18H12Cl2N6O3S/c1-11-8-17(27-31(29,30)14-4-5-16(22)12(2)9-14)19(24-10-11)20(28)18-15-6-7-23-21(15)26-13(3)25-18;1-10-6-12(2-3-14(10)21)30(28,29)26-15-7-11(20)8-23-17(15)18(27)16-13-4-5-22-19(13)25-9-24-16;1-9-4-11(2-3-12(9)20)30(28,29)26-13-5-10(19)6-21-14(13)17(27)15-16-18(24-7-22-15)25-8-23-16/h4-10,27H,1-3H3,(H,23,25,26);2-9,26H,1H3,(H,22,24,25);2-8,26H,1H3,(H,22,23,24,25). The van der Waals surface area contributed by atoms with Crippen LogP contribution in [0.5, 0.6) is 0 Å². The van der Waals surface area contributed by atoms with Gasteiger partial charge in [0.1, 0.15) is 69.5 Å². The summed E-state index contributed by atoms with van der Waals surface area (Å²) >= 11 is 30.0. The number of rotatable bonds is 15. The smallest absolute Gasteiger partial charge is 0.261 e. The summed E-state index contributed by atoms with van der Waals surface area (Å²) in [4.78, 5) is 89.1. The molecule has 0 saturated heterocycles. The number of aromatic amines is 3. The number of imidazole rings is 1. The van der Waals surface area contributed by atoms with Crippen LogP contribution in [0.25, 0.3) is 33.2 Å². The van der Waals surface area contributed by atoms with Crippen molar-refractivity contribution in [3.05, 3.63) is 222 Å². The quantitative estimate of drug-likeness (QED) is 0.0519. The molecule has 0 atom stereocenters. The van der Waals surface area contributed by atoms with Crippen molar-refractivity contribution in [1.82, 2.24) is 64.8 Å². The molecule has 0 saturated carbocycles. The van der Waals surface area contributed by atoms with Gasteiger partial charge in [-0.25, -0.2) is 70.1 Å². The van der Waals surface area contributed by atoms with E-state index in [1.807, 2.05) is 0 Å². The summed E-state index contributed by atoms with van der Waals surface area (Å²) in [7, 11) is -12.1. The Morgan fingerprint density at radius 3 is 1.35 bits per heavy atom. The average Bonchev–Trinajstić information content (AvgIpc) is 1.78. The molecular formula is C58H43Cl5N16O9S3. The third-order valence-corrected chi connectivity index (χ3v) is 19.0. The van der Waals surface area contributed by atoms with Crippen molar-refractivity contribution >= 4 is 156 Å². The zero-order valence-corrected chi connectivity index (χ0v) is 53.7. The number of halogens is 5. The maximum Gasteiger partial charge on any atom is 0.261 e. The highest BCUT2D eigenvalue weighted by Crippen LogP contribution is 2.31. The van der Waals surface area contributed by atoms with E-state index in [9.17, 15) is 39.6 Å². The molecule has 0 amide bonds. The van der Waals surface area contributed by atoms with Gasteiger partial charge in [-0.2, -0.15) is 0 Å². The van der Waals surface area contributed by atoms with Crippen LogP contribution in [0, 0.1) is 34.6 Å². The first-order chi connectivity index (χ1) is 43.2. The van der Waals surface area contributed by atoms with E-state index in [0.29, 0.717) is 76.4 Å². The van der Waals surface area contributed by atoms with E-state index < -0.39 is 47.4 Å². The van der Waals surface area contributed by atoms with Gasteiger partial charge in [0.25, 0.3) is 30.1 Å². The van der Waals surface area contributed by atoms with Gasteiger partial charge in [-0.05, 0) is 142 Å². The maximum absolute atomic E-state index is 13.3. The Morgan fingerprint density at radius 2 is 0.846 bits per heavy atom. The summed E-state index contributed by atoms with van der Waals surface area (Å²) in [6.45, 7) is 8.51. The Labute approximate surface area is 542 Å². The van der Waals surface area contributed by atoms with E-state index in [0.717, 1.165) is 0 Å². The van der Waals surface area contributed by atoms with Crippen molar-refractivity contribution in [2.24, 2.45) is 0 Å². The van der Waals surface area contributed by atoms with Crippen LogP contribution in [-0.4, -0.2) is 107 Å². The Morgan fingerprint density at radius 1 is 0.418 bits per heavy atom. The second-order valence-electron chi connectivity index (χ2n) is 19.7. The van der Waals surface area contributed by atoms with Crippen molar-refractivity contribution in [3.63, 3.8) is 0 Å². The summed E-state index contributed by atoms with van der Waals surface area (Å²) in [5.74, 6) is -1.32. The highest BCUT2D eigenvalue weighted by molar-refractivity contribution is 7.93. The molecule has 0 radical (unpaired) electrons. The molecule has 0 aliphatic rings. The number of H-pyrrole nitrogens is 3. The Bertz CT molecular complexity index is 5070. The summed E-state index contributed by atoms with van der Waals surface area (Å²) in [6, 6.07) is 20.4. The zero-order chi connectivity index (χ0) is 65.3. The van der Waals surface area contributed by atoms with Gasteiger partial charge in [-0.1, -0.05) is 58.0 Å². The van der Waals surface area contributed by atoms with Crippen molar-refractivity contribution in [2.75, 3.05) is 14.2 Å². The van der Waals surface area contributed by atoms with Gasteiger partial charge in [0.2, 0.25) is 17.3 Å². The largest absolute Gasteiger partial charge is 0.346 e. The van der Waals surface area contributed by atoms with Crippen LogP contribution < -0.4 is 14.2 Å². The number of nitrogens with zero attached hydrogens (tertiary/aromatic N) is 10. The first kappa shape index (κ1) is 64.6. The fourth-order valence-corrected chi connectivity index (χ4v) is 12.8. The van der Waals surface area contributed by atoms with Gasteiger partial charge in [-0.3, -0.25) is 33.5 Å². The third kappa shape index (κ3) is 14.2. The van der Waals surface area contributed by atoms with E-state index in [1.54, 1.807) is 65.2 Å². The molecule has 91 heavy (non-hydrogen) atoms. The van der Waals surface area contributed by atoms with Gasteiger partial charge in [0.05, 0.1) is 48.1 Å². The molecule has 9 heterocycles. The number of sulfonamides is 3. The number of ketones is 3. The van der Waals surface area contributed by atoms with Crippen LogP contribution in [-0.2, 0) is 30.1 Å². The Kier molecular flexibility index (Phi) is 18.6. The molecule has 0 aliphatic carbocycles. The zero-order valence-electron chi connectivity index (χ0n) is 47.5. The van der Waals surface area contributed by atoms with E-state index >= 15 is 0 Å². The number of pyridine rings is 3. The molecule has 12 aromatic rings. The average molecular weight is 1380 g/mol. The number of carbonyl (C=O) groups is 3. The number of aryl methyl sites for hydroxylation is 5. The van der Waals surface area contributed by atoms with Gasteiger partial charge >= 0.3 is 0 Å². The van der Waals surface area contributed by atoms with E-state index in [1.165, 1.54) is 104 Å². The Hall–Kier alpha value is -9.39. The van der Waals surface area contributed by atoms with Gasteiger partial charge in [0, 0.05) is 56.8 Å². The van der Waals surface area contributed by atoms with E-state index in [4.69, 9.17) is 58.0 Å². The molecule has 0 spiro atoms. The molecule has 0 bridgehead atoms. The van der Waals surface area contributed by atoms with Crippen LogP contribution in [0.3, 0.4) is 0 Å². The number of benzene rings is 3. The first-order valence-electron chi connectivity index (χ1n) is 26.2. The van der Waals surface area contributed by atoms with Crippen LogP contribution >= 0.6 is 58.0 Å². The van der Waals surface area contributed by atoms with Crippen molar-refractivity contribution < 1.29 is 39.6 Å². The second-order valence-corrected chi connectivity index (χ2v) is 26.8. The molecule has 12 rings (SSSR count). The molecule has 0 aliphatic heterocycles. The normalized spacial score (nSPS) is 11.6. The lowest BCUT2D eigenvalue weighted by molar-refractivity contribution is 0.102. The minimum Gasteiger partial charge on any atom is -0.346 e.